The van der Waals surface area contributed by atoms with Gasteiger partial charge in [0.05, 0.1) is 18.1 Å². The smallest absolute Gasteiger partial charge is 0.172 e. The van der Waals surface area contributed by atoms with Crippen molar-refractivity contribution in [2.45, 2.75) is 28.2 Å². The molecule has 1 aliphatic heterocycles. The molecule has 84 valence electrons. The van der Waals surface area contributed by atoms with Gasteiger partial charge in [-0.15, -0.1) is 0 Å². The van der Waals surface area contributed by atoms with Crippen molar-refractivity contribution in [2.75, 3.05) is 6.61 Å². The standard InChI is InChI=1S/C10H10O2.C2H6.CH4/c1-7-6-12-9-5-3-2-4-8(9)10(7)11;1-2;/h2-5,7H,6H2,1H3;1-2H3;1H4. The van der Waals surface area contributed by atoms with Gasteiger partial charge in [-0.2, -0.15) is 0 Å². The van der Waals surface area contributed by atoms with Crippen LogP contribution >= 0.6 is 0 Å². The number of ketones is 1. The summed E-state index contributed by atoms with van der Waals surface area (Å²) in [7, 11) is 0. The Morgan fingerprint density at radius 3 is 2.53 bits per heavy atom. The Morgan fingerprint density at radius 1 is 1.27 bits per heavy atom. The number of benzene rings is 1. The quantitative estimate of drug-likeness (QED) is 0.651. The molecule has 0 aliphatic carbocycles. The van der Waals surface area contributed by atoms with Crippen LogP contribution in [0, 0.1) is 5.92 Å². The van der Waals surface area contributed by atoms with E-state index in [1.54, 1.807) is 0 Å². The summed E-state index contributed by atoms with van der Waals surface area (Å²) in [5, 5.41) is 0. The maximum absolute atomic E-state index is 11.5. The second-order valence-corrected chi connectivity index (χ2v) is 3.07. The highest BCUT2D eigenvalue weighted by molar-refractivity contribution is 6.01. The molecule has 0 amide bonds. The van der Waals surface area contributed by atoms with Gasteiger partial charge in [0.1, 0.15) is 5.75 Å². The number of Topliss-reactive ketones (excluding diaryl/α,β-unsaturated/α-hetero) is 1. The van der Waals surface area contributed by atoms with Crippen molar-refractivity contribution in [3.8, 4) is 5.75 Å². The number of carbonyl (C=O) groups is 1. The van der Waals surface area contributed by atoms with Crippen LogP contribution < -0.4 is 4.74 Å². The predicted octanol–water partition coefficient (Wildman–Crippen LogP) is 3.56. The van der Waals surface area contributed by atoms with Gasteiger partial charge in [0.15, 0.2) is 5.78 Å². The zero-order chi connectivity index (χ0) is 10.6. The SMILES string of the molecule is C.CC.CC1COc2ccccc2C1=O. The monoisotopic (exact) mass is 208 g/mol. The van der Waals surface area contributed by atoms with Gasteiger partial charge in [0.25, 0.3) is 0 Å². The van der Waals surface area contributed by atoms with Crippen LogP contribution in [-0.2, 0) is 0 Å². The highest BCUT2D eigenvalue weighted by Crippen LogP contribution is 2.26. The van der Waals surface area contributed by atoms with Gasteiger partial charge in [-0.1, -0.05) is 40.3 Å². The van der Waals surface area contributed by atoms with Crippen molar-refractivity contribution in [2.24, 2.45) is 5.92 Å². The summed E-state index contributed by atoms with van der Waals surface area (Å²) >= 11 is 0. The highest BCUT2D eigenvalue weighted by atomic mass is 16.5. The zero-order valence-corrected chi connectivity index (χ0v) is 8.91. The fourth-order valence-electron chi connectivity index (χ4n) is 1.35. The Kier molecular flexibility index (Phi) is 5.68. The lowest BCUT2D eigenvalue weighted by Gasteiger charge is -2.20. The molecule has 1 aromatic rings. The Bertz CT molecular complexity index is 318. The molecule has 1 aromatic carbocycles. The third kappa shape index (κ3) is 2.82. The summed E-state index contributed by atoms with van der Waals surface area (Å²) in [5.41, 5.74) is 0.719. The van der Waals surface area contributed by atoms with E-state index < -0.39 is 0 Å². The highest BCUT2D eigenvalue weighted by Gasteiger charge is 2.24. The van der Waals surface area contributed by atoms with Crippen LogP contribution in [0.2, 0.25) is 0 Å². The van der Waals surface area contributed by atoms with Crippen molar-refractivity contribution in [3.63, 3.8) is 0 Å². The van der Waals surface area contributed by atoms with Gasteiger partial charge < -0.3 is 4.74 Å². The molecule has 1 aliphatic rings. The largest absolute Gasteiger partial charge is 0.492 e. The minimum Gasteiger partial charge on any atom is -0.492 e. The predicted molar refractivity (Wildman–Crippen MR) is 63.5 cm³/mol. The average Bonchev–Trinajstić information content (AvgIpc) is 2.27. The maximum Gasteiger partial charge on any atom is 0.172 e. The third-order valence-electron chi connectivity index (χ3n) is 2.09. The molecule has 15 heavy (non-hydrogen) atoms. The lowest BCUT2D eigenvalue weighted by Crippen LogP contribution is -2.24. The van der Waals surface area contributed by atoms with Crippen LogP contribution in [0.5, 0.6) is 5.75 Å². The fourth-order valence-corrected chi connectivity index (χ4v) is 1.35. The number of fused-ring (bicyclic) bond motifs is 1. The minimum atomic E-state index is -0.0000926. The first-order valence-corrected chi connectivity index (χ1v) is 5.05. The molecule has 0 fully saturated rings. The van der Waals surface area contributed by atoms with Gasteiger partial charge in [-0.05, 0) is 12.1 Å². The summed E-state index contributed by atoms with van der Waals surface area (Å²) < 4.78 is 5.39. The van der Waals surface area contributed by atoms with Crippen LogP contribution in [0.15, 0.2) is 24.3 Å². The molecule has 2 rings (SSSR count). The van der Waals surface area contributed by atoms with Gasteiger partial charge in [0, 0.05) is 0 Å². The van der Waals surface area contributed by atoms with Crippen molar-refractivity contribution in [3.05, 3.63) is 29.8 Å². The molecule has 0 spiro atoms. The molecule has 1 heterocycles. The van der Waals surface area contributed by atoms with Crippen LogP contribution in [0.3, 0.4) is 0 Å². The molecule has 0 saturated heterocycles. The second-order valence-electron chi connectivity index (χ2n) is 3.07. The number of rotatable bonds is 0. The zero-order valence-electron chi connectivity index (χ0n) is 8.91. The van der Waals surface area contributed by atoms with E-state index in [9.17, 15) is 4.79 Å². The molecule has 2 nitrogen and oxygen atoms in total. The van der Waals surface area contributed by atoms with Crippen LogP contribution in [0.4, 0.5) is 0 Å². The number of hydrogen-bond donors (Lipinski definition) is 0. The summed E-state index contributed by atoms with van der Waals surface area (Å²) in [6.45, 7) is 6.40. The van der Waals surface area contributed by atoms with E-state index >= 15 is 0 Å². The van der Waals surface area contributed by atoms with E-state index in [1.807, 2.05) is 45.0 Å². The Morgan fingerprint density at radius 2 is 1.87 bits per heavy atom. The van der Waals surface area contributed by atoms with Gasteiger partial charge >= 0.3 is 0 Å². The molecule has 0 saturated carbocycles. The number of hydrogen-bond acceptors (Lipinski definition) is 2. The number of ether oxygens (including phenoxy) is 1. The van der Waals surface area contributed by atoms with E-state index in [0.717, 1.165) is 11.3 Å². The molecule has 0 radical (unpaired) electrons. The van der Waals surface area contributed by atoms with Crippen molar-refractivity contribution >= 4 is 5.78 Å². The fraction of sp³-hybridized carbons (Fsp3) is 0.462. The second kappa shape index (κ2) is 6.23. The Labute approximate surface area is 92.3 Å². The van der Waals surface area contributed by atoms with E-state index in [0.29, 0.717) is 6.61 Å². The third-order valence-corrected chi connectivity index (χ3v) is 2.09. The van der Waals surface area contributed by atoms with E-state index in [2.05, 4.69) is 0 Å². The van der Waals surface area contributed by atoms with Crippen molar-refractivity contribution < 1.29 is 9.53 Å². The molecule has 2 heteroatoms. The summed E-state index contributed by atoms with van der Waals surface area (Å²) in [6, 6.07) is 7.38. The normalized spacial score (nSPS) is 17.5. The molecule has 1 atom stereocenters. The first-order valence-electron chi connectivity index (χ1n) is 5.05. The first kappa shape index (κ1) is 13.7. The molecule has 0 N–H and O–H groups in total. The maximum atomic E-state index is 11.5. The van der Waals surface area contributed by atoms with Crippen LogP contribution in [0.25, 0.3) is 0 Å². The lowest BCUT2D eigenvalue weighted by atomic mass is 9.97. The lowest BCUT2D eigenvalue weighted by molar-refractivity contribution is 0.0849. The van der Waals surface area contributed by atoms with Gasteiger partial charge in [-0.3, -0.25) is 4.79 Å². The molecule has 1 unspecified atom stereocenters. The van der Waals surface area contributed by atoms with Crippen molar-refractivity contribution in [1.29, 1.82) is 0 Å². The number of carbonyl (C=O) groups excluding carboxylic acids is 1. The minimum absolute atomic E-state index is 0. The Balaban J connectivity index is 0.000000617. The van der Waals surface area contributed by atoms with Crippen LogP contribution in [-0.4, -0.2) is 12.4 Å². The topological polar surface area (TPSA) is 26.3 Å². The Hall–Kier alpha value is -1.31. The van der Waals surface area contributed by atoms with Gasteiger partial charge in [0.2, 0.25) is 0 Å². The molecule has 0 aromatic heterocycles. The van der Waals surface area contributed by atoms with E-state index in [-0.39, 0.29) is 19.1 Å². The molecular weight excluding hydrogens is 188 g/mol. The number of para-hydroxylation sites is 1. The van der Waals surface area contributed by atoms with Crippen molar-refractivity contribution in [1.82, 2.24) is 0 Å². The first-order chi connectivity index (χ1) is 6.79. The molecule has 0 bridgehead atoms. The van der Waals surface area contributed by atoms with Crippen LogP contribution in [0.1, 0.15) is 38.6 Å². The average molecular weight is 208 g/mol. The molecular formula is C13H20O2. The van der Waals surface area contributed by atoms with E-state index in [4.69, 9.17) is 4.74 Å². The summed E-state index contributed by atoms with van der Waals surface area (Å²) in [6.07, 6.45) is 0. The van der Waals surface area contributed by atoms with E-state index in [1.165, 1.54) is 0 Å². The summed E-state index contributed by atoms with van der Waals surface area (Å²) in [4.78, 5) is 11.5. The summed E-state index contributed by atoms with van der Waals surface area (Å²) in [5.74, 6) is 0.914. The van der Waals surface area contributed by atoms with Gasteiger partial charge in [-0.25, -0.2) is 0 Å².